The van der Waals surface area contributed by atoms with E-state index in [4.69, 9.17) is 16.3 Å². The summed E-state index contributed by atoms with van der Waals surface area (Å²) in [5.41, 5.74) is 0. The third-order valence-corrected chi connectivity index (χ3v) is 4.86. The summed E-state index contributed by atoms with van der Waals surface area (Å²) in [6.07, 6.45) is 2.58. The number of nitrogens with zero attached hydrogens (tertiary/aromatic N) is 2. The molecule has 18 heavy (non-hydrogen) atoms. The van der Waals surface area contributed by atoms with E-state index in [0.29, 0.717) is 17.8 Å². The van der Waals surface area contributed by atoms with Gasteiger partial charge in [-0.1, -0.05) is 22.9 Å². The van der Waals surface area contributed by atoms with E-state index in [2.05, 4.69) is 16.8 Å². The fourth-order valence-electron chi connectivity index (χ4n) is 2.04. The Balaban J connectivity index is 2.14. The standard InChI is InChI=1S/C12H19ClN2O2S/c1-8(9-3-4-9)15(5-6-17-2)12-14-11(13)10(7-16)18-12/h8-9,16H,3-7H2,1-2H3. The lowest BCUT2D eigenvalue weighted by molar-refractivity contribution is 0.202. The molecule has 1 aliphatic carbocycles. The van der Waals surface area contributed by atoms with E-state index in [1.54, 1.807) is 7.11 Å². The van der Waals surface area contributed by atoms with Crippen molar-refractivity contribution >= 4 is 28.1 Å². The fourth-order valence-corrected chi connectivity index (χ4v) is 3.27. The highest BCUT2D eigenvalue weighted by Crippen LogP contribution is 2.39. The molecule has 0 radical (unpaired) electrons. The summed E-state index contributed by atoms with van der Waals surface area (Å²) >= 11 is 7.47. The van der Waals surface area contributed by atoms with E-state index in [0.717, 1.165) is 22.5 Å². The van der Waals surface area contributed by atoms with Crippen LogP contribution in [-0.4, -0.2) is 36.4 Å². The normalized spacial score (nSPS) is 16.9. The second kappa shape index (κ2) is 6.19. The number of aliphatic hydroxyl groups is 1. The van der Waals surface area contributed by atoms with E-state index < -0.39 is 0 Å². The average Bonchev–Trinajstić information content (AvgIpc) is 3.14. The molecular formula is C12H19ClN2O2S. The predicted octanol–water partition coefficient (Wildman–Crippen LogP) is 2.54. The molecular weight excluding hydrogens is 272 g/mol. The quantitative estimate of drug-likeness (QED) is 0.838. The van der Waals surface area contributed by atoms with Crippen molar-refractivity contribution < 1.29 is 9.84 Å². The molecule has 0 amide bonds. The SMILES string of the molecule is COCCN(c1nc(Cl)c(CO)s1)C(C)C1CC1. The number of aliphatic hydroxyl groups excluding tert-OH is 1. The van der Waals surface area contributed by atoms with Gasteiger partial charge in [0.15, 0.2) is 5.13 Å². The van der Waals surface area contributed by atoms with Gasteiger partial charge in [0.05, 0.1) is 18.1 Å². The zero-order chi connectivity index (χ0) is 13.1. The van der Waals surface area contributed by atoms with E-state index in [9.17, 15) is 5.11 Å². The Morgan fingerprint density at radius 3 is 2.83 bits per heavy atom. The summed E-state index contributed by atoms with van der Waals surface area (Å²) in [6, 6.07) is 0.453. The van der Waals surface area contributed by atoms with Crippen LogP contribution in [0.3, 0.4) is 0 Å². The smallest absolute Gasteiger partial charge is 0.187 e. The van der Waals surface area contributed by atoms with Crippen LogP contribution in [0.15, 0.2) is 0 Å². The molecule has 6 heteroatoms. The van der Waals surface area contributed by atoms with Gasteiger partial charge in [0.1, 0.15) is 5.15 Å². The van der Waals surface area contributed by atoms with Crippen molar-refractivity contribution in [3.63, 3.8) is 0 Å². The van der Waals surface area contributed by atoms with E-state index in [-0.39, 0.29) is 6.61 Å². The average molecular weight is 291 g/mol. The fraction of sp³-hybridized carbons (Fsp3) is 0.750. The number of anilines is 1. The molecule has 1 N–H and O–H groups in total. The molecule has 1 aliphatic rings. The highest BCUT2D eigenvalue weighted by atomic mass is 35.5. The highest BCUT2D eigenvalue weighted by Gasteiger charge is 2.33. The minimum atomic E-state index is -0.0492. The van der Waals surface area contributed by atoms with Gasteiger partial charge >= 0.3 is 0 Å². The summed E-state index contributed by atoms with van der Waals surface area (Å²) in [7, 11) is 1.70. The number of aromatic nitrogens is 1. The van der Waals surface area contributed by atoms with Crippen molar-refractivity contribution in [1.82, 2.24) is 4.98 Å². The van der Waals surface area contributed by atoms with Gasteiger partial charge in [0.2, 0.25) is 0 Å². The van der Waals surface area contributed by atoms with Crippen molar-refractivity contribution in [2.24, 2.45) is 5.92 Å². The molecule has 2 rings (SSSR count). The first-order valence-electron chi connectivity index (χ1n) is 6.19. The van der Waals surface area contributed by atoms with Gasteiger partial charge in [-0.2, -0.15) is 0 Å². The van der Waals surface area contributed by atoms with Gasteiger partial charge < -0.3 is 14.7 Å². The Labute approximate surface area is 117 Å². The lowest BCUT2D eigenvalue weighted by Gasteiger charge is -2.28. The number of rotatable bonds is 7. The Hall–Kier alpha value is -0.360. The van der Waals surface area contributed by atoms with Crippen LogP contribution >= 0.6 is 22.9 Å². The topological polar surface area (TPSA) is 45.6 Å². The molecule has 0 aliphatic heterocycles. The van der Waals surface area contributed by atoms with E-state index in [1.165, 1.54) is 24.2 Å². The first-order valence-corrected chi connectivity index (χ1v) is 7.38. The van der Waals surface area contributed by atoms with Crippen LogP contribution in [-0.2, 0) is 11.3 Å². The van der Waals surface area contributed by atoms with E-state index in [1.807, 2.05) is 0 Å². The van der Waals surface area contributed by atoms with Crippen LogP contribution in [0.4, 0.5) is 5.13 Å². The highest BCUT2D eigenvalue weighted by molar-refractivity contribution is 7.16. The first-order chi connectivity index (χ1) is 8.67. The molecule has 1 unspecified atom stereocenters. The van der Waals surface area contributed by atoms with Crippen molar-refractivity contribution in [2.45, 2.75) is 32.4 Å². The molecule has 1 fully saturated rings. The zero-order valence-corrected chi connectivity index (χ0v) is 12.3. The lowest BCUT2D eigenvalue weighted by Crippen LogP contribution is -2.37. The van der Waals surface area contributed by atoms with Crippen LogP contribution in [0, 0.1) is 5.92 Å². The second-order valence-corrected chi connectivity index (χ2v) is 6.05. The zero-order valence-electron chi connectivity index (χ0n) is 10.7. The number of methoxy groups -OCH3 is 1. The number of hydrogen-bond acceptors (Lipinski definition) is 5. The van der Waals surface area contributed by atoms with Gasteiger partial charge in [-0.25, -0.2) is 4.98 Å². The van der Waals surface area contributed by atoms with Gasteiger partial charge in [0, 0.05) is 19.7 Å². The van der Waals surface area contributed by atoms with Gasteiger partial charge in [0.25, 0.3) is 0 Å². The van der Waals surface area contributed by atoms with Crippen LogP contribution in [0.5, 0.6) is 0 Å². The lowest BCUT2D eigenvalue weighted by atomic mass is 10.2. The summed E-state index contributed by atoms with van der Waals surface area (Å²) in [5, 5.41) is 10.5. The number of thiazole rings is 1. The summed E-state index contributed by atoms with van der Waals surface area (Å²) in [4.78, 5) is 7.34. The summed E-state index contributed by atoms with van der Waals surface area (Å²) in [5.74, 6) is 0.752. The molecule has 1 aromatic heterocycles. The third-order valence-electron chi connectivity index (χ3n) is 3.36. The van der Waals surface area contributed by atoms with E-state index >= 15 is 0 Å². The Bertz CT molecular complexity index is 395. The molecule has 1 heterocycles. The molecule has 102 valence electrons. The molecule has 1 aromatic rings. The number of halogens is 1. The Morgan fingerprint density at radius 1 is 1.61 bits per heavy atom. The molecule has 1 saturated carbocycles. The minimum absolute atomic E-state index is 0.0492. The largest absolute Gasteiger partial charge is 0.391 e. The monoisotopic (exact) mass is 290 g/mol. The van der Waals surface area contributed by atoms with Crippen LogP contribution in [0.2, 0.25) is 5.15 Å². The van der Waals surface area contributed by atoms with Crippen LogP contribution < -0.4 is 4.90 Å². The molecule has 1 atom stereocenters. The second-order valence-electron chi connectivity index (χ2n) is 4.63. The van der Waals surface area contributed by atoms with Crippen molar-refractivity contribution in [3.05, 3.63) is 10.0 Å². The molecule has 0 aromatic carbocycles. The minimum Gasteiger partial charge on any atom is -0.391 e. The Morgan fingerprint density at radius 2 is 2.33 bits per heavy atom. The van der Waals surface area contributed by atoms with Crippen molar-refractivity contribution in [1.29, 1.82) is 0 Å². The van der Waals surface area contributed by atoms with Crippen LogP contribution in [0.25, 0.3) is 0 Å². The summed E-state index contributed by atoms with van der Waals surface area (Å²) in [6.45, 7) is 3.65. The molecule has 0 saturated heterocycles. The molecule has 4 nitrogen and oxygen atoms in total. The van der Waals surface area contributed by atoms with Gasteiger partial charge in [-0.3, -0.25) is 0 Å². The number of hydrogen-bond donors (Lipinski definition) is 1. The van der Waals surface area contributed by atoms with Gasteiger partial charge in [-0.05, 0) is 25.7 Å². The maximum Gasteiger partial charge on any atom is 0.187 e. The third kappa shape index (κ3) is 3.15. The Kier molecular flexibility index (Phi) is 4.84. The van der Waals surface area contributed by atoms with Crippen molar-refractivity contribution in [3.8, 4) is 0 Å². The van der Waals surface area contributed by atoms with Crippen LogP contribution in [0.1, 0.15) is 24.6 Å². The maximum absolute atomic E-state index is 9.19. The molecule has 0 spiro atoms. The van der Waals surface area contributed by atoms with Gasteiger partial charge in [-0.15, -0.1) is 0 Å². The maximum atomic E-state index is 9.19. The van der Waals surface area contributed by atoms with Crippen molar-refractivity contribution in [2.75, 3.05) is 25.2 Å². The summed E-state index contributed by atoms with van der Waals surface area (Å²) < 4.78 is 5.16. The predicted molar refractivity (Wildman–Crippen MR) is 74.5 cm³/mol. The molecule has 0 bridgehead atoms. The number of ether oxygens (including phenoxy) is 1. The first kappa shape index (κ1) is 14.1.